The van der Waals surface area contributed by atoms with Gasteiger partial charge < -0.3 is 14.6 Å². The molecule has 0 spiro atoms. The maximum atomic E-state index is 12.6. The van der Waals surface area contributed by atoms with Crippen molar-refractivity contribution >= 4 is 52.2 Å². The van der Waals surface area contributed by atoms with E-state index in [-0.39, 0.29) is 9.23 Å². The molecular weight excluding hydrogens is 414 g/mol. The van der Waals surface area contributed by atoms with Crippen molar-refractivity contribution in [3.8, 4) is 11.3 Å². The van der Waals surface area contributed by atoms with Crippen molar-refractivity contribution in [1.82, 2.24) is 4.90 Å². The van der Waals surface area contributed by atoms with Gasteiger partial charge in [-0.1, -0.05) is 55.2 Å². The monoisotopic (exact) mass is 431 g/mol. The molecule has 0 bridgehead atoms. The van der Waals surface area contributed by atoms with Crippen LogP contribution in [0.3, 0.4) is 0 Å². The highest BCUT2D eigenvalue weighted by Crippen LogP contribution is 2.35. The number of hydrogen-bond donors (Lipinski definition) is 2. The summed E-state index contributed by atoms with van der Waals surface area (Å²) in [5.41, 5.74) is 2.10. The van der Waals surface area contributed by atoms with Crippen molar-refractivity contribution in [2.45, 2.75) is 25.8 Å². The number of aliphatic carboxylic acids is 2. The summed E-state index contributed by atoms with van der Waals surface area (Å²) in [6.07, 6.45) is 1.67. The van der Waals surface area contributed by atoms with Crippen molar-refractivity contribution in [2.75, 3.05) is 0 Å². The summed E-state index contributed by atoms with van der Waals surface area (Å²) in [4.78, 5) is 36.0. The number of furan rings is 1. The summed E-state index contributed by atoms with van der Waals surface area (Å²) in [6.45, 7) is 2.07. The van der Waals surface area contributed by atoms with Gasteiger partial charge in [0, 0.05) is 11.6 Å². The molecule has 3 rings (SSSR count). The van der Waals surface area contributed by atoms with Gasteiger partial charge in [-0.15, -0.1) is 0 Å². The highest BCUT2D eigenvalue weighted by Gasteiger charge is 2.41. The van der Waals surface area contributed by atoms with Crippen molar-refractivity contribution in [1.29, 1.82) is 0 Å². The first-order valence-electron chi connectivity index (χ1n) is 8.71. The van der Waals surface area contributed by atoms with Crippen LogP contribution in [0.5, 0.6) is 0 Å². The van der Waals surface area contributed by atoms with Crippen LogP contribution in [-0.2, 0) is 20.8 Å². The number of nitrogens with zero attached hydrogens (tertiary/aromatic N) is 1. The maximum absolute atomic E-state index is 12.6. The smallest absolute Gasteiger partial charge is 0.327 e. The van der Waals surface area contributed by atoms with Crippen molar-refractivity contribution in [3.05, 3.63) is 52.6 Å². The summed E-state index contributed by atoms with van der Waals surface area (Å²) in [5.74, 6) is -2.38. The number of carboxylic acids is 2. The van der Waals surface area contributed by atoms with Gasteiger partial charge >= 0.3 is 11.9 Å². The van der Waals surface area contributed by atoms with E-state index in [1.807, 2.05) is 24.3 Å². The fourth-order valence-electron chi connectivity index (χ4n) is 2.82. The fraction of sp³-hybridized carbons (Fsp3) is 0.200. The van der Waals surface area contributed by atoms with Gasteiger partial charge in [-0.25, -0.2) is 4.79 Å². The minimum Gasteiger partial charge on any atom is -0.481 e. The predicted molar refractivity (Wildman–Crippen MR) is 112 cm³/mol. The maximum Gasteiger partial charge on any atom is 0.327 e. The highest BCUT2D eigenvalue weighted by atomic mass is 32.2. The molecule has 0 aliphatic carbocycles. The number of carbonyl (C=O) groups is 3. The Labute approximate surface area is 176 Å². The third-order valence-corrected chi connectivity index (χ3v) is 5.67. The van der Waals surface area contributed by atoms with Gasteiger partial charge in [0.2, 0.25) is 0 Å². The lowest BCUT2D eigenvalue weighted by atomic mass is 10.1. The molecule has 0 unspecified atom stereocenters. The second-order valence-electron chi connectivity index (χ2n) is 6.26. The van der Waals surface area contributed by atoms with Crippen LogP contribution >= 0.6 is 24.0 Å². The third kappa shape index (κ3) is 4.57. The van der Waals surface area contributed by atoms with E-state index < -0.39 is 30.3 Å². The normalized spacial score (nSPS) is 16.4. The predicted octanol–water partition coefficient (Wildman–Crippen LogP) is 3.64. The van der Waals surface area contributed by atoms with Crippen LogP contribution < -0.4 is 0 Å². The second kappa shape index (κ2) is 8.62. The molecule has 2 heterocycles. The molecule has 1 aromatic heterocycles. The fourth-order valence-corrected chi connectivity index (χ4v) is 4.16. The first-order valence-corrected chi connectivity index (χ1v) is 9.93. The number of amides is 1. The lowest BCUT2D eigenvalue weighted by molar-refractivity contribution is -0.150. The quantitative estimate of drug-likeness (QED) is 0.505. The Balaban J connectivity index is 1.83. The lowest BCUT2D eigenvalue weighted by Gasteiger charge is -2.21. The summed E-state index contributed by atoms with van der Waals surface area (Å²) in [6, 6.07) is 9.83. The molecule has 1 aliphatic rings. The molecule has 2 N–H and O–H groups in total. The first kappa shape index (κ1) is 20.8. The van der Waals surface area contributed by atoms with Gasteiger partial charge in [0.25, 0.3) is 5.91 Å². The van der Waals surface area contributed by atoms with Crippen molar-refractivity contribution in [2.24, 2.45) is 0 Å². The molecule has 1 amide bonds. The Kier molecular flexibility index (Phi) is 6.19. The van der Waals surface area contributed by atoms with E-state index in [1.54, 1.807) is 12.1 Å². The Morgan fingerprint density at radius 1 is 1.21 bits per heavy atom. The van der Waals surface area contributed by atoms with Crippen LogP contribution in [0.1, 0.15) is 24.7 Å². The third-order valence-electron chi connectivity index (χ3n) is 4.34. The topological polar surface area (TPSA) is 108 Å². The van der Waals surface area contributed by atoms with Crippen LogP contribution in [0, 0.1) is 0 Å². The standard InChI is InChI=1S/C20H17NO6S2/c1-2-11-3-5-12(6-4-11)15-8-7-13(27-15)9-16-18(24)21(20(28)29-16)14(19(25)26)10-17(22)23/h3-9,14H,2,10H2,1H3,(H,22,23)(H,25,26)/b16-9-/t14-/m1/s1. The van der Waals surface area contributed by atoms with Crippen LogP contribution in [0.2, 0.25) is 0 Å². The van der Waals surface area contributed by atoms with Gasteiger partial charge in [-0.3, -0.25) is 14.5 Å². The molecule has 1 fully saturated rings. The molecule has 1 aromatic carbocycles. The summed E-state index contributed by atoms with van der Waals surface area (Å²) in [7, 11) is 0. The number of hydrogen-bond acceptors (Lipinski definition) is 6. The Morgan fingerprint density at radius 2 is 1.90 bits per heavy atom. The van der Waals surface area contributed by atoms with E-state index >= 15 is 0 Å². The Hall–Kier alpha value is -2.91. The number of thioether (sulfide) groups is 1. The number of benzene rings is 1. The van der Waals surface area contributed by atoms with Crippen molar-refractivity contribution < 1.29 is 29.0 Å². The van der Waals surface area contributed by atoms with Crippen LogP contribution in [-0.4, -0.2) is 43.3 Å². The van der Waals surface area contributed by atoms with Gasteiger partial charge in [0.05, 0.1) is 11.3 Å². The van der Waals surface area contributed by atoms with Gasteiger partial charge in [0.1, 0.15) is 21.9 Å². The molecule has 29 heavy (non-hydrogen) atoms. The van der Waals surface area contributed by atoms with Gasteiger partial charge in [0.15, 0.2) is 0 Å². The molecule has 1 aliphatic heterocycles. The number of rotatable bonds is 7. The number of thiocarbonyl (C=S) groups is 1. The molecule has 1 atom stereocenters. The zero-order valence-electron chi connectivity index (χ0n) is 15.3. The molecule has 150 valence electrons. The molecule has 0 radical (unpaired) electrons. The minimum atomic E-state index is -1.56. The van der Waals surface area contributed by atoms with E-state index in [4.69, 9.17) is 21.7 Å². The zero-order valence-corrected chi connectivity index (χ0v) is 17.0. The first-order chi connectivity index (χ1) is 13.8. The average molecular weight is 431 g/mol. The molecule has 2 aromatic rings. The average Bonchev–Trinajstić information content (AvgIpc) is 3.25. The van der Waals surface area contributed by atoms with E-state index in [0.29, 0.717) is 11.5 Å². The minimum absolute atomic E-state index is 0.00293. The van der Waals surface area contributed by atoms with E-state index in [9.17, 15) is 19.5 Å². The van der Waals surface area contributed by atoms with Gasteiger partial charge in [-0.2, -0.15) is 0 Å². The van der Waals surface area contributed by atoms with Crippen molar-refractivity contribution in [3.63, 3.8) is 0 Å². The molecule has 7 nitrogen and oxygen atoms in total. The Bertz CT molecular complexity index is 1010. The number of carbonyl (C=O) groups excluding carboxylic acids is 1. The molecule has 1 saturated heterocycles. The van der Waals surface area contributed by atoms with Crippen LogP contribution in [0.4, 0.5) is 0 Å². The lowest BCUT2D eigenvalue weighted by Crippen LogP contribution is -2.45. The second-order valence-corrected chi connectivity index (χ2v) is 7.93. The van der Waals surface area contributed by atoms with Gasteiger partial charge in [-0.05, 0) is 24.1 Å². The van der Waals surface area contributed by atoms with Crippen LogP contribution in [0.25, 0.3) is 17.4 Å². The number of carboxylic acid groups (broad SMARTS) is 2. The van der Waals surface area contributed by atoms with E-state index in [2.05, 4.69) is 6.92 Å². The summed E-state index contributed by atoms with van der Waals surface area (Å²) >= 11 is 6.02. The number of aryl methyl sites for hydroxylation is 1. The molecule has 9 heteroatoms. The zero-order chi connectivity index (χ0) is 21.1. The highest BCUT2D eigenvalue weighted by molar-refractivity contribution is 8.26. The molecule has 0 saturated carbocycles. The summed E-state index contributed by atoms with van der Waals surface area (Å²) in [5, 5.41) is 18.2. The largest absolute Gasteiger partial charge is 0.481 e. The van der Waals surface area contributed by atoms with E-state index in [1.165, 1.54) is 11.6 Å². The van der Waals surface area contributed by atoms with E-state index in [0.717, 1.165) is 28.6 Å². The SMILES string of the molecule is CCc1ccc(-c2ccc(/C=C3\SC(=S)N([C@H](CC(=O)O)C(=O)O)C3=O)o2)cc1. The van der Waals surface area contributed by atoms with Crippen LogP contribution in [0.15, 0.2) is 45.7 Å². The summed E-state index contributed by atoms with van der Waals surface area (Å²) < 4.78 is 5.78. The molecular formula is C20H17NO6S2. The Morgan fingerprint density at radius 3 is 2.48 bits per heavy atom.